The molecule has 3 aromatic rings. The van der Waals surface area contributed by atoms with Gasteiger partial charge in [0.25, 0.3) is 0 Å². The highest BCUT2D eigenvalue weighted by Gasteiger charge is 2.41. The van der Waals surface area contributed by atoms with Crippen molar-refractivity contribution >= 4 is 33.6 Å². The average Bonchev–Trinajstić information content (AvgIpc) is 3.30. The summed E-state index contributed by atoms with van der Waals surface area (Å²) in [7, 11) is 1.97. The predicted octanol–water partition coefficient (Wildman–Crippen LogP) is 1.10. The molecule has 0 bridgehead atoms. The van der Waals surface area contributed by atoms with Crippen LogP contribution in [0.15, 0.2) is 12.7 Å². The lowest BCUT2D eigenvalue weighted by Gasteiger charge is -2.21. The molecule has 0 aromatic carbocycles. The lowest BCUT2D eigenvalue weighted by Crippen LogP contribution is -2.29. The average molecular weight is 342 g/mol. The topological polar surface area (TPSA) is 75.9 Å². The molecule has 2 fully saturated rings. The van der Waals surface area contributed by atoms with E-state index in [9.17, 15) is 0 Å². The van der Waals surface area contributed by atoms with Crippen molar-refractivity contribution in [3.63, 3.8) is 0 Å². The fraction of sp³-hybridized carbons (Fsp3) is 0.533. The van der Waals surface area contributed by atoms with Gasteiger partial charge in [0.15, 0.2) is 17.0 Å². The quantitative estimate of drug-likeness (QED) is 0.690. The van der Waals surface area contributed by atoms with E-state index in [2.05, 4.69) is 34.1 Å². The second kappa shape index (κ2) is 5.10. The monoisotopic (exact) mass is 342 g/mol. The van der Waals surface area contributed by atoms with Crippen molar-refractivity contribution in [2.75, 3.05) is 36.0 Å². The molecule has 2 aliphatic rings. The van der Waals surface area contributed by atoms with Crippen LogP contribution < -0.4 is 9.80 Å². The highest BCUT2D eigenvalue weighted by atomic mass is 32.1. The summed E-state index contributed by atoms with van der Waals surface area (Å²) < 4.78 is 6.25. The second-order valence-electron chi connectivity index (χ2n) is 6.68. The lowest BCUT2D eigenvalue weighted by atomic mass is 10.0. The number of anilines is 2. The molecular weight excluding hydrogens is 324 g/mol. The molecule has 2 aliphatic heterocycles. The van der Waals surface area contributed by atoms with Crippen LogP contribution in [0, 0.1) is 18.8 Å². The van der Waals surface area contributed by atoms with Crippen molar-refractivity contribution in [3.8, 4) is 0 Å². The first kappa shape index (κ1) is 14.1. The summed E-state index contributed by atoms with van der Waals surface area (Å²) in [6.07, 6.45) is 3.45. The molecule has 2 saturated heterocycles. The van der Waals surface area contributed by atoms with Crippen molar-refractivity contribution < 1.29 is 0 Å². The van der Waals surface area contributed by atoms with Crippen LogP contribution in [0.4, 0.5) is 10.9 Å². The summed E-state index contributed by atoms with van der Waals surface area (Å²) in [6, 6.07) is 0. The molecule has 0 spiro atoms. The lowest BCUT2D eigenvalue weighted by molar-refractivity contribution is 0.533. The van der Waals surface area contributed by atoms with E-state index in [0.29, 0.717) is 11.8 Å². The first-order valence-corrected chi connectivity index (χ1v) is 8.88. The molecular formula is C15H18N8S. The summed E-state index contributed by atoms with van der Waals surface area (Å²) in [6.45, 7) is 6.08. The molecule has 0 radical (unpaired) electrons. The number of fused-ring (bicyclic) bond motifs is 2. The Morgan fingerprint density at radius 3 is 2.50 bits per heavy atom. The zero-order chi connectivity index (χ0) is 16.3. The van der Waals surface area contributed by atoms with Gasteiger partial charge in [-0.15, -0.1) is 0 Å². The van der Waals surface area contributed by atoms with Gasteiger partial charge in [0.2, 0.25) is 5.13 Å². The first-order valence-electron chi connectivity index (χ1n) is 8.11. The first-order chi connectivity index (χ1) is 11.7. The van der Waals surface area contributed by atoms with Crippen molar-refractivity contribution in [3.05, 3.63) is 18.5 Å². The summed E-state index contributed by atoms with van der Waals surface area (Å²) in [5.74, 6) is 3.12. The fourth-order valence-corrected chi connectivity index (χ4v) is 4.59. The SMILES string of the molecule is Cc1nsc(N2CC3CN(c4ncnc5c4ncn5C)CC3C2)n1. The molecule has 5 rings (SSSR count). The van der Waals surface area contributed by atoms with E-state index in [0.717, 1.165) is 54.1 Å². The van der Waals surface area contributed by atoms with Gasteiger partial charge in [0, 0.05) is 56.6 Å². The van der Waals surface area contributed by atoms with E-state index in [1.807, 2.05) is 18.5 Å². The minimum Gasteiger partial charge on any atom is -0.354 e. The van der Waals surface area contributed by atoms with E-state index < -0.39 is 0 Å². The molecule has 5 heterocycles. The minimum absolute atomic E-state index is 0.642. The highest BCUT2D eigenvalue weighted by molar-refractivity contribution is 7.09. The largest absolute Gasteiger partial charge is 0.354 e. The summed E-state index contributed by atoms with van der Waals surface area (Å²) in [4.78, 5) is 22.6. The number of hydrogen-bond acceptors (Lipinski definition) is 8. The third-order valence-corrected chi connectivity index (χ3v) is 5.92. The van der Waals surface area contributed by atoms with Gasteiger partial charge in [-0.1, -0.05) is 0 Å². The molecule has 2 unspecified atom stereocenters. The third-order valence-electron chi connectivity index (χ3n) is 5.05. The van der Waals surface area contributed by atoms with Crippen molar-refractivity contribution in [1.29, 1.82) is 0 Å². The number of aromatic nitrogens is 6. The molecule has 0 aliphatic carbocycles. The summed E-state index contributed by atoms with van der Waals surface area (Å²) in [5, 5.41) is 1.06. The van der Waals surface area contributed by atoms with Crippen LogP contribution in [-0.2, 0) is 7.05 Å². The normalized spacial score (nSPS) is 23.4. The Balaban J connectivity index is 1.37. The van der Waals surface area contributed by atoms with Gasteiger partial charge in [-0.05, 0) is 6.92 Å². The number of nitrogens with zero attached hydrogens (tertiary/aromatic N) is 8. The fourth-order valence-electron chi connectivity index (χ4n) is 3.90. The molecule has 3 aromatic heterocycles. The van der Waals surface area contributed by atoms with Gasteiger partial charge in [0.05, 0.1) is 6.33 Å². The van der Waals surface area contributed by atoms with E-state index in [1.54, 1.807) is 12.7 Å². The molecule has 0 amide bonds. The van der Waals surface area contributed by atoms with Crippen LogP contribution in [0.1, 0.15) is 5.82 Å². The van der Waals surface area contributed by atoms with E-state index in [-0.39, 0.29) is 0 Å². The zero-order valence-corrected chi connectivity index (χ0v) is 14.4. The molecule has 8 nitrogen and oxygen atoms in total. The van der Waals surface area contributed by atoms with Gasteiger partial charge in [0.1, 0.15) is 12.2 Å². The zero-order valence-electron chi connectivity index (χ0n) is 13.6. The maximum absolute atomic E-state index is 4.53. The van der Waals surface area contributed by atoms with Gasteiger partial charge in [-0.3, -0.25) is 0 Å². The van der Waals surface area contributed by atoms with Crippen LogP contribution in [0.2, 0.25) is 0 Å². The molecule has 2 atom stereocenters. The van der Waals surface area contributed by atoms with Crippen LogP contribution in [0.25, 0.3) is 11.2 Å². The van der Waals surface area contributed by atoms with Crippen molar-refractivity contribution in [2.45, 2.75) is 6.92 Å². The Morgan fingerprint density at radius 1 is 1.04 bits per heavy atom. The maximum Gasteiger partial charge on any atom is 0.205 e. The van der Waals surface area contributed by atoms with Crippen molar-refractivity contribution in [2.24, 2.45) is 18.9 Å². The van der Waals surface area contributed by atoms with Crippen LogP contribution in [0.3, 0.4) is 0 Å². The van der Waals surface area contributed by atoms with Gasteiger partial charge in [-0.2, -0.15) is 4.37 Å². The smallest absolute Gasteiger partial charge is 0.205 e. The van der Waals surface area contributed by atoms with E-state index in [4.69, 9.17) is 0 Å². The Morgan fingerprint density at radius 2 is 1.79 bits per heavy atom. The molecule has 124 valence electrons. The van der Waals surface area contributed by atoms with Gasteiger partial charge < -0.3 is 14.4 Å². The predicted molar refractivity (Wildman–Crippen MR) is 92.4 cm³/mol. The van der Waals surface area contributed by atoms with Crippen LogP contribution in [0.5, 0.6) is 0 Å². The minimum atomic E-state index is 0.642. The third kappa shape index (κ3) is 2.07. The Bertz CT molecular complexity index is 888. The maximum atomic E-state index is 4.53. The Kier molecular flexibility index (Phi) is 2.99. The highest BCUT2D eigenvalue weighted by Crippen LogP contribution is 2.37. The van der Waals surface area contributed by atoms with Crippen LogP contribution in [-0.4, -0.2) is 55.1 Å². The van der Waals surface area contributed by atoms with Crippen molar-refractivity contribution in [1.82, 2.24) is 28.9 Å². The number of hydrogen-bond donors (Lipinski definition) is 0. The Labute approximate surface area is 143 Å². The summed E-state index contributed by atoms with van der Waals surface area (Å²) in [5.41, 5.74) is 1.79. The van der Waals surface area contributed by atoms with Crippen LogP contribution >= 0.6 is 11.5 Å². The standard InChI is InChI=1S/C15H18N8S/c1-9-19-15(24-20-9)23-5-10-3-22(4-11(10)6-23)14-12-13(16-7-17-14)21(2)8-18-12/h7-8,10-11H,3-6H2,1-2H3. The summed E-state index contributed by atoms with van der Waals surface area (Å²) >= 11 is 1.51. The molecule has 0 N–H and O–H groups in total. The Hall–Kier alpha value is -2.29. The van der Waals surface area contributed by atoms with Gasteiger partial charge >= 0.3 is 0 Å². The van der Waals surface area contributed by atoms with E-state index >= 15 is 0 Å². The molecule has 24 heavy (non-hydrogen) atoms. The number of imidazole rings is 1. The second-order valence-corrected chi connectivity index (χ2v) is 7.41. The number of aryl methyl sites for hydroxylation is 2. The van der Waals surface area contributed by atoms with E-state index in [1.165, 1.54) is 11.5 Å². The van der Waals surface area contributed by atoms with Gasteiger partial charge in [-0.25, -0.2) is 19.9 Å². The molecule has 9 heteroatoms. The molecule has 0 saturated carbocycles. The number of rotatable bonds is 2.